The van der Waals surface area contributed by atoms with Crippen molar-refractivity contribution in [3.63, 3.8) is 0 Å². The summed E-state index contributed by atoms with van der Waals surface area (Å²) in [5, 5.41) is 12.3. The number of aryl methyl sites for hydroxylation is 1. The Kier molecular flexibility index (Phi) is 5.58. The maximum atomic E-state index is 11.2. The van der Waals surface area contributed by atoms with E-state index < -0.39 is 5.97 Å². The summed E-state index contributed by atoms with van der Waals surface area (Å²) in [5.41, 5.74) is 0.986. The molecule has 0 aliphatic carbocycles. The standard InChI is InChI=1S/C13H21N3O2/c1-4-16(5-2)9-8-15-12-11(13(17)18)10(3)6-7-14-12/h6-7H,4-5,8-9H2,1-3H3,(H,14,15)(H,17,18). The van der Waals surface area contributed by atoms with E-state index in [-0.39, 0.29) is 5.56 Å². The summed E-state index contributed by atoms with van der Waals surface area (Å²) in [7, 11) is 0. The van der Waals surface area contributed by atoms with Crippen LogP contribution in [0.15, 0.2) is 12.3 Å². The summed E-state index contributed by atoms with van der Waals surface area (Å²) >= 11 is 0. The molecular formula is C13H21N3O2. The van der Waals surface area contributed by atoms with Gasteiger partial charge < -0.3 is 15.3 Å². The fourth-order valence-electron chi connectivity index (χ4n) is 1.83. The van der Waals surface area contributed by atoms with E-state index in [4.69, 9.17) is 5.11 Å². The lowest BCUT2D eigenvalue weighted by Gasteiger charge is -2.18. The van der Waals surface area contributed by atoms with E-state index in [0.29, 0.717) is 12.4 Å². The summed E-state index contributed by atoms with van der Waals surface area (Å²) in [6.45, 7) is 9.55. The topological polar surface area (TPSA) is 65.5 Å². The summed E-state index contributed by atoms with van der Waals surface area (Å²) < 4.78 is 0. The van der Waals surface area contributed by atoms with Gasteiger partial charge in [0.05, 0.1) is 0 Å². The maximum Gasteiger partial charge on any atom is 0.339 e. The zero-order valence-corrected chi connectivity index (χ0v) is 11.2. The second-order valence-electron chi connectivity index (χ2n) is 4.11. The first-order valence-corrected chi connectivity index (χ1v) is 6.25. The van der Waals surface area contributed by atoms with Crippen molar-refractivity contribution in [2.75, 3.05) is 31.5 Å². The third-order valence-corrected chi connectivity index (χ3v) is 2.99. The first-order chi connectivity index (χ1) is 8.60. The molecule has 2 N–H and O–H groups in total. The second kappa shape index (κ2) is 6.96. The Morgan fingerprint density at radius 1 is 1.44 bits per heavy atom. The number of rotatable bonds is 7. The molecule has 0 fully saturated rings. The molecule has 1 aromatic rings. The minimum absolute atomic E-state index is 0.261. The molecule has 1 aromatic heterocycles. The largest absolute Gasteiger partial charge is 0.478 e. The molecule has 1 rings (SSSR count). The van der Waals surface area contributed by atoms with Crippen LogP contribution in [0.25, 0.3) is 0 Å². The van der Waals surface area contributed by atoms with E-state index in [1.165, 1.54) is 0 Å². The molecule has 100 valence electrons. The van der Waals surface area contributed by atoms with Crippen LogP contribution in [0.2, 0.25) is 0 Å². The fourth-order valence-corrected chi connectivity index (χ4v) is 1.83. The third-order valence-electron chi connectivity index (χ3n) is 2.99. The molecule has 0 amide bonds. The van der Waals surface area contributed by atoms with Gasteiger partial charge in [0.25, 0.3) is 0 Å². The quantitative estimate of drug-likeness (QED) is 0.774. The highest BCUT2D eigenvalue weighted by molar-refractivity contribution is 5.94. The van der Waals surface area contributed by atoms with Gasteiger partial charge in [-0.15, -0.1) is 0 Å². The van der Waals surface area contributed by atoms with Crippen LogP contribution in [0.3, 0.4) is 0 Å². The number of carboxylic acid groups (broad SMARTS) is 1. The molecule has 0 unspecified atom stereocenters. The molecule has 0 aromatic carbocycles. The number of pyridine rings is 1. The van der Waals surface area contributed by atoms with Crippen LogP contribution < -0.4 is 5.32 Å². The van der Waals surface area contributed by atoms with E-state index in [1.54, 1.807) is 19.2 Å². The number of hydrogen-bond donors (Lipinski definition) is 2. The highest BCUT2D eigenvalue weighted by Gasteiger charge is 2.13. The Balaban J connectivity index is 2.67. The normalized spacial score (nSPS) is 10.7. The Morgan fingerprint density at radius 2 is 2.11 bits per heavy atom. The fraction of sp³-hybridized carbons (Fsp3) is 0.538. The second-order valence-corrected chi connectivity index (χ2v) is 4.11. The number of nitrogens with zero attached hydrogens (tertiary/aromatic N) is 2. The van der Waals surface area contributed by atoms with E-state index in [2.05, 4.69) is 29.0 Å². The maximum absolute atomic E-state index is 11.2. The van der Waals surface area contributed by atoms with Crippen molar-refractivity contribution in [3.8, 4) is 0 Å². The number of aromatic carboxylic acids is 1. The Labute approximate surface area is 108 Å². The molecule has 0 atom stereocenters. The molecular weight excluding hydrogens is 230 g/mol. The number of likely N-dealkylation sites (N-methyl/N-ethyl adjacent to an activating group) is 1. The van der Waals surface area contributed by atoms with Crippen LogP contribution in [0.4, 0.5) is 5.82 Å². The number of carbonyl (C=O) groups is 1. The van der Waals surface area contributed by atoms with Crippen molar-refractivity contribution in [1.29, 1.82) is 0 Å². The third kappa shape index (κ3) is 3.70. The molecule has 5 heteroatoms. The number of hydrogen-bond acceptors (Lipinski definition) is 4. The summed E-state index contributed by atoms with van der Waals surface area (Å²) in [4.78, 5) is 17.5. The molecule has 0 bridgehead atoms. The van der Waals surface area contributed by atoms with Gasteiger partial charge in [-0.25, -0.2) is 9.78 Å². The molecule has 0 radical (unpaired) electrons. The molecule has 1 heterocycles. The van der Waals surface area contributed by atoms with Crippen molar-refractivity contribution in [2.24, 2.45) is 0 Å². The van der Waals surface area contributed by atoms with Crippen molar-refractivity contribution < 1.29 is 9.90 Å². The van der Waals surface area contributed by atoms with Crippen molar-refractivity contribution in [2.45, 2.75) is 20.8 Å². The average molecular weight is 251 g/mol. The summed E-state index contributed by atoms with van der Waals surface area (Å²) in [6.07, 6.45) is 1.63. The highest BCUT2D eigenvalue weighted by atomic mass is 16.4. The molecule has 0 saturated heterocycles. The molecule has 5 nitrogen and oxygen atoms in total. The van der Waals surface area contributed by atoms with Crippen LogP contribution in [0.5, 0.6) is 0 Å². The van der Waals surface area contributed by atoms with Crippen molar-refractivity contribution in [1.82, 2.24) is 9.88 Å². The summed E-state index contributed by atoms with van der Waals surface area (Å²) in [6, 6.07) is 1.71. The first kappa shape index (κ1) is 14.4. The monoisotopic (exact) mass is 251 g/mol. The molecule has 0 saturated carbocycles. The summed E-state index contributed by atoms with van der Waals surface area (Å²) in [5.74, 6) is -0.486. The van der Waals surface area contributed by atoms with Gasteiger partial charge in [-0.1, -0.05) is 13.8 Å². The van der Waals surface area contributed by atoms with Gasteiger partial charge in [0, 0.05) is 19.3 Å². The first-order valence-electron chi connectivity index (χ1n) is 6.25. The molecule has 18 heavy (non-hydrogen) atoms. The van der Waals surface area contributed by atoms with E-state index in [9.17, 15) is 4.79 Å². The smallest absolute Gasteiger partial charge is 0.339 e. The lowest BCUT2D eigenvalue weighted by molar-refractivity contribution is 0.0697. The van der Waals surface area contributed by atoms with E-state index in [0.717, 1.165) is 25.2 Å². The van der Waals surface area contributed by atoms with Crippen LogP contribution in [-0.4, -0.2) is 47.1 Å². The molecule has 0 aliphatic rings. The zero-order chi connectivity index (χ0) is 13.5. The minimum Gasteiger partial charge on any atom is -0.478 e. The lowest BCUT2D eigenvalue weighted by atomic mass is 10.1. The van der Waals surface area contributed by atoms with Crippen LogP contribution in [0, 0.1) is 6.92 Å². The van der Waals surface area contributed by atoms with Crippen molar-refractivity contribution >= 4 is 11.8 Å². The molecule has 0 aliphatic heterocycles. The average Bonchev–Trinajstić information content (AvgIpc) is 2.34. The van der Waals surface area contributed by atoms with Crippen LogP contribution in [-0.2, 0) is 0 Å². The number of aromatic nitrogens is 1. The van der Waals surface area contributed by atoms with Gasteiger partial charge in [-0.3, -0.25) is 0 Å². The van der Waals surface area contributed by atoms with Gasteiger partial charge in [-0.05, 0) is 31.6 Å². The number of anilines is 1. The van der Waals surface area contributed by atoms with E-state index in [1.807, 2.05) is 0 Å². The van der Waals surface area contributed by atoms with Gasteiger partial charge in [0.15, 0.2) is 0 Å². The Hall–Kier alpha value is -1.62. The lowest BCUT2D eigenvalue weighted by Crippen LogP contribution is -2.29. The SMILES string of the molecule is CCN(CC)CCNc1nccc(C)c1C(=O)O. The Morgan fingerprint density at radius 3 is 2.67 bits per heavy atom. The number of nitrogens with one attached hydrogen (secondary N) is 1. The van der Waals surface area contributed by atoms with Gasteiger partial charge in [0.1, 0.15) is 11.4 Å². The van der Waals surface area contributed by atoms with Gasteiger partial charge in [0.2, 0.25) is 0 Å². The predicted octanol–water partition coefficient (Wildman–Crippen LogP) is 1.84. The Bertz CT molecular complexity index is 403. The molecule has 0 spiro atoms. The van der Waals surface area contributed by atoms with E-state index >= 15 is 0 Å². The highest BCUT2D eigenvalue weighted by Crippen LogP contribution is 2.16. The minimum atomic E-state index is -0.939. The zero-order valence-electron chi connectivity index (χ0n) is 11.2. The van der Waals surface area contributed by atoms with Gasteiger partial charge >= 0.3 is 5.97 Å². The van der Waals surface area contributed by atoms with Crippen LogP contribution in [0.1, 0.15) is 29.8 Å². The van der Waals surface area contributed by atoms with Crippen LogP contribution >= 0.6 is 0 Å². The van der Waals surface area contributed by atoms with Crippen molar-refractivity contribution in [3.05, 3.63) is 23.4 Å². The predicted molar refractivity (Wildman–Crippen MR) is 72.2 cm³/mol. The van der Waals surface area contributed by atoms with Gasteiger partial charge in [-0.2, -0.15) is 0 Å². The number of carboxylic acids is 1.